The van der Waals surface area contributed by atoms with Crippen LogP contribution in [-0.2, 0) is 6.54 Å². The number of aromatic nitrogens is 3. The topological polar surface area (TPSA) is 57.4 Å². The lowest BCUT2D eigenvalue weighted by Crippen LogP contribution is -2.53. The van der Waals surface area contributed by atoms with Crippen LogP contribution in [0.1, 0.15) is 26.0 Å². The first-order valence-electron chi connectivity index (χ1n) is 9.31. The first kappa shape index (κ1) is 18.8. The van der Waals surface area contributed by atoms with Crippen molar-refractivity contribution >= 4 is 0 Å². The van der Waals surface area contributed by atoms with Gasteiger partial charge in [-0.15, -0.1) is 0 Å². The molecule has 0 spiro atoms. The molecule has 3 rings (SSSR count). The molecule has 3 heterocycles. The highest BCUT2D eigenvalue weighted by molar-refractivity contribution is 5.20. The Bertz CT molecular complexity index is 708. The van der Waals surface area contributed by atoms with Gasteiger partial charge in [-0.1, -0.05) is 11.6 Å². The molecule has 1 saturated heterocycles. The van der Waals surface area contributed by atoms with Crippen molar-refractivity contribution in [3.8, 4) is 5.95 Å². The van der Waals surface area contributed by atoms with Crippen LogP contribution < -0.4 is 0 Å². The van der Waals surface area contributed by atoms with E-state index in [0.717, 1.165) is 39.1 Å². The molecule has 0 radical (unpaired) electrons. The van der Waals surface area contributed by atoms with E-state index in [1.165, 1.54) is 11.3 Å². The highest BCUT2D eigenvalue weighted by Gasteiger charge is 2.26. The van der Waals surface area contributed by atoms with Crippen molar-refractivity contribution in [2.24, 2.45) is 0 Å². The zero-order chi connectivity index (χ0) is 18.4. The van der Waals surface area contributed by atoms with Crippen molar-refractivity contribution in [1.29, 1.82) is 0 Å². The summed E-state index contributed by atoms with van der Waals surface area (Å²) in [5.41, 5.74) is 2.53. The Kier molecular flexibility index (Phi) is 6.55. The summed E-state index contributed by atoms with van der Waals surface area (Å²) in [6.07, 6.45) is 8.64. The summed E-state index contributed by atoms with van der Waals surface area (Å²) in [6.45, 7) is 9.36. The molecule has 1 N–H and O–H groups in total. The van der Waals surface area contributed by atoms with Crippen molar-refractivity contribution in [2.45, 2.75) is 32.9 Å². The van der Waals surface area contributed by atoms with Crippen LogP contribution in [0.4, 0.5) is 0 Å². The fourth-order valence-electron chi connectivity index (χ4n) is 3.45. The van der Waals surface area contributed by atoms with E-state index >= 15 is 0 Å². The van der Waals surface area contributed by atoms with Gasteiger partial charge < -0.3 is 5.11 Å². The van der Waals surface area contributed by atoms with Crippen LogP contribution in [0.2, 0.25) is 0 Å². The molecule has 1 fully saturated rings. The third-order valence-electron chi connectivity index (χ3n) is 4.87. The summed E-state index contributed by atoms with van der Waals surface area (Å²) in [5, 5.41) is 9.47. The average molecular weight is 355 g/mol. The van der Waals surface area contributed by atoms with Gasteiger partial charge in [-0.3, -0.25) is 14.4 Å². The minimum absolute atomic E-state index is 0.234. The second-order valence-electron chi connectivity index (χ2n) is 7.10. The van der Waals surface area contributed by atoms with Crippen LogP contribution in [0.5, 0.6) is 0 Å². The number of hydrogen-bond donors (Lipinski definition) is 1. The largest absolute Gasteiger partial charge is 0.396 e. The lowest BCUT2D eigenvalue weighted by molar-refractivity contribution is 0.0627. The van der Waals surface area contributed by atoms with Gasteiger partial charge in [0, 0.05) is 69.7 Å². The van der Waals surface area contributed by atoms with Crippen LogP contribution in [0, 0.1) is 0 Å². The minimum Gasteiger partial charge on any atom is -0.396 e. The van der Waals surface area contributed by atoms with Gasteiger partial charge in [0.1, 0.15) is 0 Å². The number of piperazine rings is 1. The van der Waals surface area contributed by atoms with Gasteiger partial charge in [0.15, 0.2) is 0 Å². The Morgan fingerprint density at radius 3 is 2.77 bits per heavy atom. The lowest BCUT2D eigenvalue weighted by Gasteiger charge is -2.41. The van der Waals surface area contributed by atoms with E-state index in [4.69, 9.17) is 0 Å². The fraction of sp³-hybridized carbons (Fsp3) is 0.500. The van der Waals surface area contributed by atoms with E-state index in [1.54, 1.807) is 12.4 Å². The van der Waals surface area contributed by atoms with Crippen LogP contribution in [-0.4, -0.2) is 68.3 Å². The van der Waals surface area contributed by atoms with Gasteiger partial charge in [0.25, 0.3) is 0 Å². The maximum atomic E-state index is 9.47. The van der Waals surface area contributed by atoms with E-state index < -0.39 is 0 Å². The maximum Gasteiger partial charge on any atom is 0.233 e. The molecule has 1 aliphatic rings. The number of aliphatic hydroxyl groups excluding tert-OH is 1. The van der Waals surface area contributed by atoms with Crippen molar-refractivity contribution in [3.05, 3.63) is 54.1 Å². The molecule has 6 heteroatoms. The summed E-state index contributed by atoms with van der Waals surface area (Å²) < 4.78 is 2.05. The van der Waals surface area contributed by atoms with Crippen molar-refractivity contribution in [2.75, 3.05) is 32.8 Å². The Labute approximate surface area is 155 Å². The van der Waals surface area contributed by atoms with Crippen molar-refractivity contribution in [3.63, 3.8) is 0 Å². The molecule has 0 amide bonds. The van der Waals surface area contributed by atoms with E-state index in [9.17, 15) is 5.11 Å². The second kappa shape index (κ2) is 9.07. The lowest BCUT2D eigenvalue weighted by atomic mass is 10.1. The molecular formula is C20H29N5O. The zero-order valence-electron chi connectivity index (χ0n) is 15.8. The third kappa shape index (κ3) is 4.78. The Balaban J connectivity index is 1.67. The summed E-state index contributed by atoms with van der Waals surface area (Å²) >= 11 is 0. The first-order chi connectivity index (χ1) is 12.7. The Morgan fingerprint density at radius 2 is 2.04 bits per heavy atom. The SMILES string of the molecule is CC(C)=CCN1CCN(Cc2cccn2-c2ncccn2)C[C@@H]1CCO. The molecule has 0 bridgehead atoms. The van der Waals surface area contributed by atoms with Gasteiger partial charge in [-0.05, 0) is 38.5 Å². The highest BCUT2D eigenvalue weighted by Crippen LogP contribution is 2.17. The monoisotopic (exact) mass is 355 g/mol. The van der Waals surface area contributed by atoms with Crippen LogP contribution in [0.3, 0.4) is 0 Å². The molecule has 1 aliphatic heterocycles. The average Bonchev–Trinajstić information content (AvgIpc) is 3.10. The van der Waals surface area contributed by atoms with Crippen molar-refractivity contribution < 1.29 is 5.11 Å². The Hall–Kier alpha value is -2.02. The normalized spacial score (nSPS) is 18.8. The standard InChI is InChI=1S/C20H29N5O/c1-17(2)6-11-24-13-12-23(15-18(24)7-14-26)16-19-5-3-10-25(19)20-21-8-4-9-22-20/h3-6,8-10,18,26H,7,11-16H2,1-2H3/t18-/m0/s1. The van der Waals surface area contributed by atoms with E-state index in [2.05, 4.69) is 50.3 Å². The highest BCUT2D eigenvalue weighted by atomic mass is 16.3. The number of hydrogen-bond acceptors (Lipinski definition) is 5. The minimum atomic E-state index is 0.234. The first-order valence-corrected chi connectivity index (χ1v) is 9.31. The molecule has 26 heavy (non-hydrogen) atoms. The molecule has 6 nitrogen and oxygen atoms in total. The fourth-order valence-corrected chi connectivity index (χ4v) is 3.45. The summed E-state index contributed by atoms with van der Waals surface area (Å²) in [5.74, 6) is 0.710. The van der Waals surface area contributed by atoms with E-state index in [1.807, 2.05) is 18.3 Å². The number of nitrogens with zero attached hydrogens (tertiary/aromatic N) is 5. The summed E-state index contributed by atoms with van der Waals surface area (Å²) in [6, 6.07) is 6.40. The molecular weight excluding hydrogens is 326 g/mol. The second-order valence-corrected chi connectivity index (χ2v) is 7.10. The summed E-state index contributed by atoms with van der Waals surface area (Å²) in [7, 11) is 0. The predicted octanol–water partition coefficient (Wildman–Crippen LogP) is 2.10. The molecule has 0 saturated carbocycles. The predicted molar refractivity (Wildman–Crippen MR) is 103 cm³/mol. The van der Waals surface area contributed by atoms with Crippen LogP contribution in [0.15, 0.2) is 48.4 Å². The number of allylic oxidation sites excluding steroid dienone is 1. The quantitative estimate of drug-likeness (QED) is 0.771. The van der Waals surface area contributed by atoms with E-state index in [0.29, 0.717) is 12.0 Å². The smallest absolute Gasteiger partial charge is 0.233 e. The molecule has 1 atom stereocenters. The van der Waals surface area contributed by atoms with Gasteiger partial charge in [-0.25, -0.2) is 9.97 Å². The van der Waals surface area contributed by atoms with Gasteiger partial charge in [0.2, 0.25) is 5.95 Å². The van der Waals surface area contributed by atoms with Crippen LogP contribution in [0.25, 0.3) is 5.95 Å². The van der Waals surface area contributed by atoms with Crippen molar-refractivity contribution in [1.82, 2.24) is 24.3 Å². The molecule has 0 aromatic carbocycles. The maximum absolute atomic E-state index is 9.47. The molecule has 0 aliphatic carbocycles. The summed E-state index contributed by atoms with van der Waals surface area (Å²) in [4.78, 5) is 13.7. The molecule has 2 aromatic rings. The molecule has 0 unspecified atom stereocenters. The molecule has 2 aromatic heterocycles. The van der Waals surface area contributed by atoms with E-state index in [-0.39, 0.29) is 6.61 Å². The number of rotatable bonds is 7. The van der Waals surface area contributed by atoms with Gasteiger partial charge in [0.05, 0.1) is 0 Å². The number of aliphatic hydroxyl groups is 1. The van der Waals surface area contributed by atoms with Crippen LogP contribution >= 0.6 is 0 Å². The third-order valence-corrected chi connectivity index (χ3v) is 4.87. The Morgan fingerprint density at radius 1 is 1.23 bits per heavy atom. The molecule has 140 valence electrons. The zero-order valence-corrected chi connectivity index (χ0v) is 15.8. The van der Waals surface area contributed by atoms with Gasteiger partial charge >= 0.3 is 0 Å². The van der Waals surface area contributed by atoms with Gasteiger partial charge in [-0.2, -0.15) is 0 Å².